The van der Waals surface area contributed by atoms with Crippen molar-refractivity contribution < 1.29 is 0 Å². The highest BCUT2D eigenvalue weighted by molar-refractivity contribution is 5.64. The summed E-state index contributed by atoms with van der Waals surface area (Å²) in [5.41, 5.74) is 3.50. The number of fused-ring (bicyclic) bond motifs is 3. The number of aryl methyl sites for hydroxylation is 1. The molecule has 3 rings (SSSR count). The Morgan fingerprint density at radius 2 is 2.26 bits per heavy atom. The number of hydrogen-bond acceptors (Lipinski definition) is 4. The summed E-state index contributed by atoms with van der Waals surface area (Å²) >= 11 is 0. The maximum absolute atomic E-state index is 9.12. The molecule has 0 radical (unpaired) electrons. The third-order valence-electron chi connectivity index (χ3n) is 3.56. The predicted molar refractivity (Wildman–Crippen MR) is 73.2 cm³/mol. The van der Waals surface area contributed by atoms with Crippen LogP contribution in [0.15, 0.2) is 6.20 Å². The van der Waals surface area contributed by atoms with Crippen LogP contribution in [0.5, 0.6) is 0 Å². The Balaban J connectivity index is 2.23. The van der Waals surface area contributed by atoms with Gasteiger partial charge in [0.25, 0.3) is 0 Å². The number of aromatic nitrogens is 3. The van der Waals surface area contributed by atoms with Crippen LogP contribution in [0.4, 0.5) is 5.82 Å². The van der Waals surface area contributed by atoms with Crippen LogP contribution < -0.4 is 4.90 Å². The van der Waals surface area contributed by atoms with Gasteiger partial charge in [0.2, 0.25) is 0 Å². The van der Waals surface area contributed by atoms with Crippen LogP contribution in [0.1, 0.15) is 30.7 Å². The molecule has 0 N–H and O–H groups in total. The van der Waals surface area contributed by atoms with E-state index in [1.165, 1.54) is 5.56 Å². The number of hydrogen-bond donors (Lipinski definition) is 0. The molecule has 0 saturated carbocycles. The number of anilines is 1. The zero-order valence-electron chi connectivity index (χ0n) is 11.5. The van der Waals surface area contributed by atoms with Gasteiger partial charge in [-0.05, 0) is 19.3 Å². The summed E-state index contributed by atoms with van der Waals surface area (Å²) in [4.78, 5) is 6.90. The minimum Gasteiger partial charge on any atom is -0.356 e. The molecule has 2 aromatic rings. The van der Waals surface area contributed by atoms with Crippen molar-refractivity contribution in [1.82, 2.24) is 14.6 Å². The lowest BCUT2D eigenvalue weighted by Gasteiger charge is -2.22. The largest absolute Gasteiger partial charge is 0.356 e. The second-order valence-corrected chi connectivity index (χ2v) is 5.49. The number of nitriles is 1. The molecular weight excluding hydrogens is 238 g/mol. The first-order valence-corrected chi connectivity index (χ1v) is 6.64. The van der Waals surface area contributed by atoms with Gasteiger partial charge in [-0.25, -0.2) is 4.98 Å². The van der Waals surface area contributed by atoms with E-state index in [9.17, 15) is 0 Å². The summed E-state index contributed by atoms with van der Waals surface area (Å²) in [6.07, 6.45) is 2.62. The first kappa shape index (κ1) is 12.0. The third kappa shape index (κ3) is 1.75. The fourth-order valence-electron chi connectivity index (χ4n) is 2.79. The average molecular weight is 255 g/mol. The van der Waals surface area contributed by atoms with Crippen LogP contribution in [0, 0.1) is 24.2 Å². The first-order valence-electron chi connectivity index (χ1n) is 6.64. The van der Waals surface area contributed by atoms with Gasteiger partial charge < -0.3 is 4.90 Å². The van der Waals surface area contributed by atoms with E-state index in [1.807, 2.05) is 11.4 Å². The molecule has 0 aliphatic carbocycles. The normalized spacial score (nSPS) is 14.2. The van der Waals surface area contributed by atoms with E-state index in [-0.39, 0.29) is 0 Å². The standard InChI is InChI=1S/C14H17N5/c1-9(2)8-18-5-4-12-10(3)17-13-11(6-15)7-16-19(13)14(12)18/h7,9H,4-5,8H2,1-3H3. The molecule has 0 unspecified atom stereocenters. The van der Waals surface area contributed by atoms with E-state index in [4.69, 9.17) is 5.26 Å². The molecule has 2 aromatic heterocycles. The van der Waals surface area contributed by atoms with Crippen molar-refractivity contribution in [3.05, 3.63) is 23.0 Å². The zero-order valence-corrected chi connectivity index (χ0v) is 11.5. The highest BCUT2D eigenvalue weighted by atomic mass is 15.4. The highest BCUT2D eigenvalue weighted by Gasteiger charge is 2.26. The van der Waals surface area contributed by atoms with Gasteiger partial charge in [0, 0.05) is 24.3 Å². The van der Waals surface area contributed by atoms with Gasteiger partial charge >= 0.3 is 0 Å². The summed E-state index contributed by atoms with van der Waals surface area (Å²) in [6.45, 7) is 8.47. The quantitative estimate of drug-likeness (QED) is 0.822. The molecule has 0 saturated heterocycles. The molecule has 0 amide bonds. The van der Waals surface area contributed by atoms with E-state index in [0.717, 1.165) is 31.0 Å². The summed E-state index contributed by atoms with van der Waals surface area (Å²) in [5.74, 6) is 1.72. The van der Waals surface area contributed by atoms with Gasteiger partial charge in [-0.2, -0.15) is 14.9 Å². The van der Waals surface area contributed by atoms with Gasteiger partial charge in [0.15, 0.2) is 5.65 Å². The number of nitrogens with zero attached hydrogens (tertiary/aromatic N) is 5. The molecule has 0 fully saturated rings. The molecule has 0 aromatic carbocycles. The summed E-state index contributed by atoms with van der Waals surface area (Å²) < 4.78 is 1.83. The summed E-state index contributed by atoms with van der Waals surface area (Å²) in [5, 5.41) is 13.5. The monoisotopic (exact) mass is 255 g/mol. The molecule has 0 bridgehead atoms. The van der Waals surface area contributed by atoms with E-state index in [1.54, 1.807) is 6.20 Å². The smallest absolute Gasteiger partial charge is 0.175 e. The van der Waals surface area contributed by atoms with Crippen molar-refractivity contribution in [3.63, 3.8) is 0 Å². The fraction of sp³-hybridized carbons (Fsp3) is 0.500. The van der Waals surface area contributed by atoms with E-state index in [0.29, 0.717) is 17.1 Å². The van der Waals surface area contributed by atoms with Gasteiger partial charge in [-0.3, -0.25) is 0 Å². The highest BCUT2D eigenvalue weighted by Crippen LogP contribution is 2.31. The second-order valence-electron chi connectivity index (χ2n) is 5.49. The average Bonchev–Trinajstić information content (AvgIpc) is 2.92. The first-order chi connectivity index (χ1) is 9.11. The van der Waals surface area contributed by atoms with Crippen molar-refractivity contribution in [1.29, 1.82) is 5.26 Å². The van der Waals surface area contributed by atoms with Gasteiger partial charge in [0.05, 0.1) is 6.20 Å². The van der Waals surface area contributed by atoms with Crippen molar-refractivity contribution in [3.8, 4) is 6.07 Å². The molecule has 0 atom stereocenters. The topological polar surface area (TPSA) is 57.2 Å². The van der Waals surface area contributed by atoms with Crippen molar-refractivity contribution in [2.75, 3.05) is 18.0 Å². The molecular formula is C14H17N5. The van der Waals surface area contributed by atoms with Crippen molar-refractivity contribution in [2.24, 2.45) is 5.92 Å². The maximum atomic E-state index is 9.12. The van der Waals surface area contributed by atoms with Crippen molar-refractivity contribution in [2.45, 2.75) is 27.2 Å². The zero-order chi connectivity index (χ0) is 13.6. The molecule has 5 heteroatoms. The third-order valence-corrected chi connectivity index (χ3v) is 3.56. The van der Waals surface area contributed by atoms with Gasteiger partial charge in [-0.15, -0.1) is 0 Å². The SMILES string of the molecule is Cc1nc2c(C#N)cnn2c2c1CCN2CC(C)C. The maximum Gasteiger partial charge on any atom is 0.175 e. The minimum absolute atomic E-state index is 0.544. The lowest BCUT2D eigenvalue weighted by molar-refractivity contribution is 0.615. The Bertz CT molecular complexity index is 677. The molecule has 19 heavy (non-hydrogen) atoms. The molecule has 1 aliphatic rings. The molecule has 5 nitrogen and oxygen atoms in total. The molecule has 1 aliphatic heterocycles. The summed E-state index contributed by atoms with van der Waals surface area (Å²) in [7, 11) is 0. The van der Waals surface area contributed by atoms with Crippen LogP contribution in [0.25, 0.3) is 5.65 Å². The van der Waals surface area contributed by atoms with Crippen LogP contribution >= 0.6 is 0 Å². The van der Waals surface area contributed by atoms with Crippen LogP contribution in [-0.4, -0.2) is 27.7 Å². The Labute approximate surface area is 112 Å². The van der Waals surface area contributed by atoms with E-state index < -0.39 is 0 Å². The van der Waals surface area contributed by atoms with Gasteiger partial charge in [-0.1, -0.05) is 13.8 Å². The van der Waals surface area contributed by atoms with E-state index >= 15 is 0 Å². The lowest BCUT2D eigenvalue weighted by Crippen LogP contribution is -2.27. The predicted octanol–water partition coefficient (Wildman–Crippen LogP) is 1.93. The number of rotatable bonds is 2. The molecule has 3 heterocycles. The lowest BCUT2D eigenvalue weighted by atomic mass is 10.2. The molecule has 98 valence electrons. The van der Waals surface area contributed by atoms with Crippen LogP contribution in [0.3, 0.4) is 0 Å². The molecule has 0 spiro atoms. The fourth-order valence-corrected chi connectivity index (χ4v) is 2.79. The van der Waals surface area contributed by atoms with E-state index in [2.05, 4.69) is 34.9 Å². The summed E-state index contributed by atoms with van der Waals surface area (Å²) in [6, 6.07) is 2.16. The Kier molecular flexibility index (Phi) is 2.67. The Morgan fingerprint density at radius 3 is 2.95 bits per heavy atom. The Hall–Kier alpha value is -2.09. The Morgan fingerprint density at radius 1 is 1.47 bits per heavy atom. The second kappa shape index (κ2) is 4.23. The van der Waals surface area contributed by atoms with Gasteiger partial charge in [0.1, 0.15) is 17.5 Å². The minimum atomic E-state index is 0.544. The van der Waals surface area contributed by atoms with Crippen LogP contribution in [0.2, 0.25) is 0 Å². The van der Waals surface area contributed by atoms with Crippen molar-refractivity contribution >= 4 is 11.5 Å². The van der Waals surface area contributed by atoms with Crippen LogP contribution in [-0.2, 0) is 6.42 Å².